The first kappa shape index (κ1) is 8.68. The average molecular weight is 189 g/mol. The Kier molecular flexibility index (Phi) is 1.92. The van der Waals surface area contributed by atoms with E-state index in [0.29, 0.717) is 5.82 Å². The van der Waals surface area contributed by atoms with Crippen LogP contribution < -0.4 is 5.73 Å². The molecule has 14 heavy (non-hydrogen) atoms. The Morgan fingerprint density at radius 2 is 2.00 bits per heavy atom. The van der Waals surface area contributed by atoms with Crippen LogP contribution in [0.3, 0.4) is 0 Å². The fraction of sp³-hybridized carbons (Fsp3) is 0.222. The third kappa shape index (κ3) is 1.22. The van der Waals surface area contributed by atoms with Gasteiger partial charge in [0.15, 0.2) is 0 Å². The number of nitrogens with two attached hydrogens (primary N) is 1. The van der Waals surface area contributed by atoms with Gasteiger partial charge in [-0.3, -0.25) is 4.57 Å². The summed E-state index contributed by atoms with van der Waals surface area (Å²) in [6, 6.07) is 0. The first-order valence-corrected chi connectivity index (χ1v) is 4.27. The van der Waals surface area contributed by atoms with E-state index in [2.05, 4.69) is 15.0 Å². The van der Waals surface area contributed by atoms with Crippen LogP contribution in [0.15, 0.2) is 18.7 Å². The number of aryl methyl sites for hydroxylation is 1. The molecule has 5 heteroatoms. The summed E-state index contributed by atoms with van der Waals surface area (Å²) in [5.41, 5.74) is 6.56. The van der Waals surface area contributed by atoms with Crippen LogP contribution in [-0.4, -0.2) is 19.5 Å². The van der Waals surface area contributed by atoms with E-state index in [1.807, 2.05) is 24.6 Å². The van der Waals surface area contributed by atoms with Crippen LogP contribution in [0, 0.1) is 13.8 Å². The lowest BCUT2D eigenvalue weighted by molar-refractivity contribution is 0.908. The summed E-state index contributed by atoms with van der Waals surface area (Å²) in [5.74, 6) is 2.17. The lowest BCUT2D eigenvalue weighted by Gasteiger charge is -2.07. The van der Waals surface area contributed by atoms with Crippen molar-refractivity contribution >= 4 is 5.82 Å². The van der Waals surface area contributed by atoms with Crippen LogP contribution >= 0.6 is 0 Å². The first-order valence-electron chi connectivity index (χ1n) is 4.27. The van der Waals surface area contributed by atoms with Crippen molar-refractivity contribution in [3.8, 4) is 5.82 Å². The van der Waals surface area contributed by atoms with Gasteiger partial charge >= 0.3 is 0 Å². The number of nitrogen functional groups attached to an aromatic ring is 1. The largest absolute Gasteiger partial charge is 0.383 e. The summed E-state index contributed by atoms with van der Waals surface area (Å²) in [5, 5.41) is 0. The van der Waals surface area contributed by atoms with E-state index in [4.69, 9.17) is 5.73 Å². The highest BCUT2D eigenvalue weighted by atomic mass is 15.1. The van der Waals surface area contributed by atoms with Gasteiger partial charge in [-0.1, -0.05) is 0 Å². The maximum absolute atomic E-state index is 5.69. The van der Waals surface area contributed by atoms with E-state index >= 15 is 0 Å². The number of anilines is 1. The van der Waals surface area contributed by atoms with Crippen LogP contribution in [-0.2, 0) is 0 Å². The molecule has 0 aromatic carbocycles. The molecule has 72 valence electrons. The Bertz CT molecular complexity index is 460. The predicted molar refractivity (Wildman–Crippen MR) is 53.0 cm³/mol. The molecule has 0 aliphatic carbocycles. The molecule has 0 fully saturated rings. The molecular weight excluding hydrogens is 178 g/mol. The highest BCUT2D eigenvalue weighted by molar-refractivity contribution is 5.47. The van der Waals surface area contributed by atoms with Crippen LogP contribution in [0.1, 0.15) is 11.4 Å². The molecule has 0 spiro atoms. The van der Waals surface area contributed by atoms with Crippen molar-refractivity contribution in [1.29, 1.82) is 0 Å². The molecule has 0 radical (unpaired) electrons. The van der Waals surface area contributed by atoms with Crippen molar-refractivity contribution in [2.45, 2.75) is 13.8 Å². The summed E-state index contributed by atoms with van der Waals surface area (Å²) >= 11 is 0. The third-order valence-corrected chi connectivity index (χ3v) is 2.15. The van der Waals surface area contributed by atoms with E-state index in [9.17, 15) is 0 Å². The van der Waals surface area contributed by atoms with Gasteiger partial charge in [0.05, 0.1) is 0 Å². The van der Waals surface area contributed by atoms with Gasteiger partial charge in [0.25, 0.3) is 0 Å². The fourth-order valence-electron chi connectivity index (χ4n) is 1.30. The molecular formula is C9H11N5. The Hall–Kier alpha value is -1.91. The molecule has 2 N–H and O–H groups in total. The number of aromatic nitrogens is 4. The molecule has 2 aromatic rings. The van der Waals surface area contributed by atoms with Crippen molar-refractivity contribution in [2.75, 3.05) is 5.73 Å². The summed E-state index contributed by atoms with van der Waals surface area (Å²) < 4.78 is 1.88. The van der Waals surface area contributed by atoms with Crippen LogP contribution in [0.2, 0.25) is 0 Å². The van der Waals surface area contributed by atoms with Gasteiger partial charge in [0, 0.05) is 18.0 Å². The molecule has 0 amide bonds. The molecule has 0 aliphatic rings. The summed E-state index contributed by atoms with van der Waals surface area (Å²) in [7, 11) is 0. The van der Waals surface area contributed by atoms with E-state index < -0.39 is 0 Å². The number of nitrogens with zero attached hydrogens (tertiary/aromatic N) is 4. The predicted octanol–water partition coefficient (Wildman–Crippen LogP) is 0.861. The molecule has 5 nitrogen and oxygen atoms in total. The summed E-state index contributed by atoms with van der Waals surface area (Å²) in [6.45, 7) is 3.81. The molecule has 0 bridgehead atoms. The molecule has 0 atom stereocenters. The van der Waals surface area contributed by atoms with Crippen LogP contribution in [0.5, 0.6) is 0 Å². The summed E-state index contributed by atoms with van der Waals surface area (Å²) in [4.78, 5) is 12.2. The average Bonchev–Trinajstić information content (AvgIpc) is 2.57. The topological polar surface area (TPSA) is 69.6 Å². The second-order valence-corrected chi connectivity index (χ2v) is 3.05. The Balaban J connectivity index is 2.63. The third-order valence-electron chi connectivity index (χ3n) is 2.15. The minimum Gasteiger partial charge on any atom is -0.383 e. The van der Waals surface area contributed by atoms with Crippen molar-refractivity contribution in [2.24, 2.45) is 0 Å². The van der Waals surface area contributed by atoms with Gasteiger partial charge in [0.2, 0.25) is 0 Å². The molecule has 0 saturated carbocycles. The van der Waals surface area contributed by atoms with Crippen molar-refractivity contribution in [3.63, 3.8) is 0 Å². The zero-order valence-electron chi connectivity index (χ0n) is 8.10. The Morgan fingerprint density at radius 1 is 1.21 bits per heavy atom. The smallest absolute Gasteiger partial charge is 0.146 e. The maximum atomic E-state index is 5.69. The maximum Gasteiger partial charge on any atom is 0.146 e. The van der Waals surface area contributed by atoms with Crippen molar-refractivity contribution in [3.05, 3.63) is 30.1 Å². The van der Waals surface area contributed by atoms with E-state index in [1.54, 1.807) is 6.20 Å². The Morgan fingerprint density at radius 3 is 2.64 bits per heavy atom. The molecule has 2 aromatic heterocycles. The second kappa shape index (κ2) is 3.10. The lowest BCUT2D eigenvalue weighted by atomic mass is 10.3. The monoisotopic (exact) mass is 189 g/mol. The number of imidazole rings is 1. The van der Waals surface area contributed by atoms with Crippen LogP contribution in [0.25, 0.3) is 5.82 Å². The lowest BCUT2D eigenvalue weighted by Crippen LogP contribution is -2.05. The van der Waals surface area contributed by atoms with Crippen molar-refractivity contribution < 1.29 is 0 Å². The van der Waals surface area contributed by atoms with E-state index in [1.165, 1.54) is 6.33 Å². The van der Waals surface area contributed by atoms with Gasteiger partial charge in [0.1, 0.15) is 23.8 Å². The minimum atomic E-state index is 0.503. The molecule has 0 unspecified atom stereocenters. The first-order chi connectivity index (χ1) is 6.70. The normalized spacial score (nSPS) is 10.4. The molecule has 2 heterocycles. The van der Waals surface area contributed by atoms with Gasteiger partial charge in [-0.15, -0.1) is 0 Å². The number of hydrogen-bond donors (Lipinski definition) is 1. The molecule has 0 aliphatic heterocycles. The van der Waals surface area contributed by atoms with Gasteiger partial charge in [-0.2, -0.15) is 0 Å². The van der Waals surface area contributed by atoms with Crippen molar-refractivity contribution in [1.82, 2.24) is 19.5 Å². The standard InChI is InChI=1S/C9H11N5/c1-6-8(10)12-5-13-9(6)14-4-3-11-7(14)2/h3-5H,1-2H3,(H2,10,12,13). The van der Waals surface area contributed by atoms with Gasteiger partial charge in [-0.05, 0) is 13.8 Å². The SMILES string of the molecule is Cc1c(N)ncnc1-n1ccnc1C. The highest BCUT2D eigenvalue weighted by Crippen LogP contribution is 2.15. The second-order valence-electron chi connectivity index (χ2n) is 3.05. The van der Waals surface area contributed by atoms with Gasteiger partial charge < -0.3 is 5.73 Å². The number of rotatable bonds is 1. The minimum absolute atomic E-state index is 0.503. The zero-order valence-corrected chi connectivity index (χ0v) is 8.10. The fourth-order valence-corrected chi connectivity index (χ4v) is 1.30. The molecule has 2 rings (SSSR count). The molecule has 0 saturated heterocycles. The number of hydrogen-bond acceptors (Lipinski definition) is 4. The summed E-state index contributed by atoms with van der Waals surface area (Å²) in [6.07, 6.45) is 5.04. The van der Waals surface area contributed by atoms with Crippen LogP contribution in [0.4, 0.5) is 5.82 Å². The quantitative estimate of drug-likeness (QED) is 0.722. The van der Waals surface area contributed by atoms with E-state index in [0.717, 1.165) is 17.2 Å². The van der Waals surface area contributed by atoms with Gasteiger partial charge in [-0.25, -0.2) is 15.0 Å². The Labute approximate surface area is 81.6 Å². The highest BCUT2D eigenvalue weighted by Gasteiger charge is 2.07. The zero-order chi connectivity index (χ0) is 10.1. The van der Waals surface area contributed by atoms with E-state index in [-0.39, 0.29) is 0 Å².